The predicted molar refractivity (Wildman–Crippen MR) is 140 cm³/mol. The molecule has 1 unspecified atom stereocenters. The van der Waals surface area contributed by atoms with Gasteiger partial charge < -0.3 is 15.6 Å². The van der Waals surface area contributed by atoms with E-state index >= 15 is 0 Å². The average molecular weight is 447 g/mol. The number of anilines is 1. The summed E-state index contributed by atoms with van der Waals surface area (Å²) in [5.74, 6) is 6.29. The summed E-state index contributed by atoms with van der Waals surface area (Å²) in [5, 5.41) is 1.62. The number of allylic oxidation sites excluding steroid dienone is 1. The van der Waals surface area contributed by atoms with Crippen LogP contribution in [0, 0.1) is 18.3 Å². The number of aromatic nitrogens is 1. The fourth-order valence-corrected chi connectivity index (χ4v) is 4.28. The van der Waals surface area contributed by atoms with Gasteiger partial charge in [0.25, 0.3) is 0 Å². The van der Waals surface area contributed by atoms with Crippen LogP contribution in [0.5, 0.6) is 0 Å². The van der Waals surface area contributed by atoms with Gasteiger partial charge in [-0.3, -0.25) is 9.98 Å². The molecule has 1 atom stereocenters. The molecule has 0 bridgehead atoms. The number of aliphatic imine (C=N–C) groups is 1. The predicted octanol–water partition coefficient (Wildman–Crippen LogP) is 4.86. The van der Waals surface area contributed by atoms with Gasteiger partial charge in [-0.25, -0.2) is 5.84 Å². The molecule has 6 heteroatoms. The number of hydrogen-bond acceptors (Lipinski definition) is 6. The fourth-order valence-electron chi connectivity index (χ4n) is 4.28. The van der Waals surface area contributed by atoms with E-state index in [1.165, 1.54) is 11.8 Å². The van der Waals surface area contributed by atoms with Crippen LogP contribution in [0.1, 0.15) is 45.4 Å². The minimum atomic E-state index is 0.235. The van der Waals surface area contributed by atoms with E-state index in [9.17, 15) is 0 Å². The summed E-state index contributed by atoms with van der Waals surface area (Å²) in [6.45, 7) is 17.5. The quantitative estimate of drug-likeness (QED) is 0.425. The Morgan fingerprint density at radius 1 is 1.21 bits per heavy atom. The molecule has 1 aromatic heterocycles. The summed E-state index contributed by atoms with van der Waals surface area (Å²) in [4.78, 5) is 11.7. The smallest absolute Gasteiger partial charge is 0.0840 e. The van der Waals surface area contributed by atoms with Crippen molar-refractivity contribution in [2.45, 2.75) is 41.0 Å². The third-order valence-corrected chi connectivity index (χ3v) is 5.98. The number of rotatable bonds is 9. The van der Waals surface area contributed by atoms with Crippen molar-refractivity contribution in [3.63, 3.8) is 0 Å². The first kappa shape index (κ1) is 24.5. The lowest BCUT2D eigenvalue weighted by atomic mass is 9.89. The number of nitrogens with zero attached hydrogens (tertiary/aromatic N) is 4. The fraction of sp³-hybridized carbons (Fsp3) is 0.407. The maximum Gasteiger partial charge on any atom is 0.0840 e. The van der Waals surface area contributed by atoms with Crippen LogP contribution in [0.15, 0.2) is 66.2 Å². The highest BCUT2D eigenvalue weighted by Crippen LogP contribution is 2.31. The molecule has 6 nitrogen and oxygen atoms in total. The molecule has 4 N–H and O–H groups in total. The molecule has 1 aliphatic heterocycles. The number of benzene rings is 1. The number of hydrazine groups is 1. The first-order valence-corrected chi connectivity index (χ1v) is 11.5. The van der Waals surface area contributed by atoms with E-state index in [1.54, 1.807) is 11.2 Å². The van der Waals surface area contributed by atoms with Gasteiger partial charge in [0, 0.05) is 55.2 Å². The Kier molecular flexibility index (Phi) is 7.59. The van der Waals surface area contributed by atoms with Crippen molar-refractivity contribution in [2.75, 3.05) is 24.5 Å². The number of aryl methyl sites for hydroxylation is 1. The van der Waals surface area contributed by atoms with Crippen molar-refractivity contribution in [1.82, 2.24) is 9.99 Å². The molecule has 2 heterocycles. The second kappa shape index (κ2) is 10.2. The normalized spacial score (nSPS) is 16.0. The Hall–Kier alpha value is -3.12. The van der Waals surface area contributed by atoms with E-state index in [1.807, 2.05) is 13.1 Å². The Labute approximate surface area is 198 Å². The van der Waals surface area contributed by atoms with Crippen LogP contribution in [0.4, 0.5) is 5.69 Å². The Bertz CT molecular complexity index is 1040. The Morgan fingerprint density at radius 3 is 2.48 bits per heavy atom. The monoisotopic (exact) mass is 446 g/mol. The highest BCUT2D eigenvalue weighted by atomic mass is 15.4. The molecular weight excluding hydrogens is 408 g/mol. The van der Waals surface area contributed by atoms with Crippen molar-refractivity contribution >= 4 is 11.4 Å². The lowest BCUT2D eigenvalue weighted by Crippen LogP contribution is -2.36. The van der Waals surface area contributed by atoms with Gasteiger partial charge in [-0.2, -0.15) is 0 Å². The summed E-state index contributed by atoms with van der Waals surface area (Å²) >= 11 is 0. The molecule has 176 valence electrons. The Morgan fingerprint density at radius 2 is 1.94 bits per heavy atom. The first-order chi connectivity index (χ1) is 15.6. The van der Waals surface area contributed by atoms with E-state index in [4.69, 9.17) is 21.6 Å². The topological polar surface area (TPSA) is 83.8 Å². The number of hydrogen-bond donors (Lipinski definition) is 2. The second-order valence-electron chi connectivity index (χ2n) is 10.0. The SMILES string of the molecule is C=C(C)N(CC(C)CN(N)/C=C\N)c1ccc(-c2ccc(C3=NCC(C)(C)C3)nc2)cc1C. The van der Waals surface area contributed by atoms with Crippen LogP contribution < -0.4 is 16.5 Å². The third kappa shape index (κ3) is 6.23. The molecule has 0 saturated heterocycles. The number of nitrogens with two attached hydrogens (primary N) is 2. The molecule has 0 spiro atoms. The molecule has 33 heavy (non-hydrogen) atoms. The van der Waals surface area contributed by atoms with Crippen LogP contribution in [-0.2, 0) is 0 Å². The minimum Gasteiger partial charge on any atom is -0.403 e. The molecule has 0 radical (unpaired) electrons. The van der Waals surface area contributed by atoms with Crippen LogP contribution in [0.25, 0.3) is 11.1 Å². The van der Waals surface area contributed by atoms with Gasteiger partial charge >= 0.3 is 0 Å². The van der Waals surface area contributed by atoms with Crippen molar-refractivity contribution in [3.8, 4) is 11.1 Å². The van der Waals surface area contributed by atoms with Crippen LogP contribution in [-0.4, -0.2) is 35.3 Å². The summed E-state index contributed by atoms with van der Waals surface area (Å²) in [7, 11) is 0. The first-order valence-electron chi connectivity index (χ1n) is 11.5. The van der Waals surface area contributed by atoms with Crippen LogP contribution >= 0.6 is 0 Å². The van der Waals surface area contributed by atoms with Crippen molar-refractivity contribution < 1.29 is 0 Å². The van der Waals surface area contributed by atoms with Gasteiger partial charge in [-0.1, -0.05) is 39.5 Å². The second-order valence-corrected chi connectivity index (χ2v) is 10.0. The standard InChI is InChI=1S/C27H38N6/c1-19(2)33(17-20(3)16-32(29)12-11-28)26-10-8-22(13-21(26)4)23-7-9-24(30-15-23)25-14-27(5,6)18-31-25/h7-13,15,20H,1,14,16-18,28-29H2,2-6H3/b12-11-. The third-order valence-electron chi connectivity index (χ3n) is 5.98. The van der Waals surface area contributed by atoms with Gasteiger partial charge in [0.1, 0.15) is 0 Å². The molecule has 0 aliphatic carbocycles. The average Bonchev–Trinajstić information content (AvgIpc) is 3.12. The highest BCUT2D eigenvalue weighted by molar-refractivity contribution is 6.00. The molecule has 0 amide bonds. The highest BCUT2D eigenvalue weighted by Gasteiger charge is 2.27. The van der Waals surface area contributed by atoms with Gasteiger partial charge in [-0.15, -0.1) is 0 Å². The molecule has 2 aromatic rings. The van der Waals surface area contributed by atoms with E-state index in [2.05, 4.69) is 69.5 Å². The summed E-state index contributed by atoms with van der Waals surface area (Å²) in [6.07, 6.45) is 6.07. The zero-order valence-corrected chi connectivity index (χ0v) is 20.7. The van der Waals surface area contributed by atoms with Crippen molar-refractivity contribution in [1.29, 1.82) is 0 Å². The zero-order chi connectivity index (χ0) is 24.2. The number of pyridine rings is 1. The van der Waals surface area contributed by atoms with E-state index in [-0.39, 0.29) is 5.41 Å². The summed E-state index contributed by atoms with van der Waals surface area (Å²) in [6, 6.07) is 10.8. The maximum atomic E-state index is 5.97. The van der Waals surface area contributed by atoms with Crippen molar-refractivity contribution in [2.24, 2.45) is 27.9 Å². The van der Waals surface area contributed by atoms with Gasteiger partial charge in [0.15, 0.2) is 0 Å². The zero-order valence-electron chi connectivity index (χ0n) is 20.7. The molecular formula is C27H38N6. The van der Waals surface area contributed by atoms with E-state index in [0.29, 0.717) is 12.5 Å². The van der Waals surface area contributed by atoms with Gasteiger partial charge in [-0.05, 0) is 60.9 Å². The lowest BCUT2D eigenvalue weighted by Gasteiger charge is -2.31. The van der Waals surface area contributed by atoms with Gasteiger partial charge in [0.05, 0.1) is 11.4 Å². The summed E-state index contributed by atoms with van der Waals surface area (Å²) < 4.78 is 0. The maximum absolute atomic E-state index is 5.97. The minimum absolute atomic E-state index is 0.235. The van der Waals surface area contributed by atoms with Crippen molar-refractivity contribution in [3.05, 3.63) is 72.5 Å². The summed E-state index contributed by atoms with van der Waals surface area (Å²) in [5.41, 5.74) is 13.4. The molecule has 0 fully saturated rings. The van der Waals surface area contributed by atoms with Gasteiger partial charge in [0.2, 0.25) is 0 Å². The van der Waals surface area contributed by atoms with Crippen LogP contribution in [0.3, 0.4) is 0 Å². The lowest BCUT2D eigenvalue weighted by molar-refractivity contribution is 0.331. The largest absolute Gasteiger partial charge is 0.403 e. The molecule has 3 rings (SSSR count). The Balaban J connectivity index is 1.76. The molecule has 1 aromatic carbocycles. The molecule has 0 saturated carbocycles. The van der Waals surface area contributed by atoms with E-state index in [0.717, 1.165) is 53.4 Å². The van der Waals surface area contributed by atoms with E-state index < -0.39 is 0 Å². The molecule has 1 aliphatic rings. The van der Waals surface area contributed by atoms with Crippen LogP contribution in [0.2, 0.25) is 0 Å².